The number of aryl methyl sites for hydroxylation is 1. The van der Waals surface area contributed by atoms with Crippen LogP contribution in [0.4, 0.5) is 0 Å². The van der Waals surface area contributed by atoms with E-state index in [1.165, 1.54) is 0 Å². The smallest absolute Gasteiger partial charge is 0.253 e. The third kappa shape index (κ3) is 4.12. The van der Waals surface area contributed by atoms with Gasteiger partial charge < -0.3 is 9.80 Å². The van der Waals surface area contributed by atoms with E-state index in [0.717, 1.165) is 11.1 Å². The molecule has 3 aromatic rings. The van der Waals surface area contributed by atoms with Crippen LogP contribution in [0.15, 0.2) is 36.4 Å². The summed E-state index contributed by atoms with van der Waals surface area (Å²) in [7, 11) is 0. The lowest BCUT2D eigenvalue weighted by Gasteiger charge is -2.22. The highest BCUT2D eigenvalue weighted by Crippen LogP contribution is 2.32. The maximum Gasteiger partial charge on any atom is 0.253 e. The average molecular weight is 458 g/mol. The third-order valence-corrected chi connectivity index (χ3v) is 6.68. The van der Waals surface area contributed by atoms with Crippen LogP contribution in [0.3, 0.4) is 0 Å². The molecule has 2 fully saturated rings. The first kappa shape index (κ1) is 20.3. The molecule has 0 radical (unpaired) electrons. The lowest BCUT2D eigenvalue weighted by atomic mass is 10.0. The zero-order valence-corrected chi connectivity index (χ0v) is 18.2. The SMILES string of the molecule is O=C(CCc1cc(Cl)cc(Cl)c1)N1C[C@@H]2CN(C(=O)c3ccc4n[nH]nc4c3)C[C@H]2C1. The first-order chi connectivity index (χ1) is 15.0. The van der Waals surface area contributed by atoms with Gasteiger partial charge in [0.25, 0.3) is 5.91 Å². The van der Waals surface area contributed by atoms with Crippen molar-refractivity contribution in [2.24, 2.45) is 11.8 Å². The Bertz CT molecular complexity index is 1130. The molecule has 3 heterocycles. The molecule has 9 heteroatoms. The second-order valence-electron chi connectivity index (χ2n) is 8.33. The molecule has 2 saturated heterocycles. The van der Waals surface area contributed by atoms with Gasteiger partial charge in [-0.15, -0.1) is 0 Å². The highest BCUT2D eigenvalue weighted by molar-refractivity contribution is 6.34. The van der Waals surface area contributed by atoms with E-state index in [-0.39, 0.29) is 11.8 Å². The molecule has 2 aliphatic heterocycles. The second kappa shape index (κ2) is 8.13. The maximum absolute atomic E-state index is 12.9. The predicted molar refractivity (Wildman–Crippen MR) is 118 cm³/mol. The number of amides is 2. The molecule has 0 saturated carbocycles. The van der Waals surface area contributed by atoms with E-state index in [2.05, 4.69) is 15.4 Å². The molecule has 2 aliphatic rings. The van der Waals surface area contributed by atoms with Gasteiger partial charge in [0.05, 0.1) is 0 Å². The van der Waals surface area contributed by atoms with Crippen LogP contribution < -0.4 is 0 Å². The Labute approximate surface area is 189 Å². The first-order valence-electron chi connectivity index (χ1n) is 10.3. The third-order valence-electron chi connectivity index (χ3n) is 6.24. The number of H-pyrrole nitrogens is 1. The molecule has 160 valence electrons. The number of benzene rings is 2. The Hall–Kier alpha value is -2.64. The molecule has 2 amide bonds. The predicted octanol–water partition coefficient (Wildman–Crippen LogP) is 3.43. The number of likely N-dealkylation sites (tertiary alicyclic amines) is 2. The summed E-state index contributed by atoms with van der Waals surface area (Å²) in [4.78, 5) is 29.5. The van der Waals surface area contributed by atoms with Gasteiger partial charge >= 0.3 is 0 Å². The molecule has 2 atom stereocenters. The quantitative estimate of drug-likeness (QED) is 0.650. The van der Waals surface area contributed by atoms with Crippen LogP contribution in [0.1, 0.15) is 22.3 Å². The van der Waals surface area contributed by atoms with E-state index >= 15 is 0 Å². The molecule has 0 unspecified atom stereocenters. The number of carbonyl (C=O) groups is 2. The summed E-state index contributed by atoms with van der Waals surface area (Å²) in [6.45, 7) is 2.75. The van der Waals surface area contributed by atoms with Gasteiger partial charge in [-0.1, -0.05) is 23.2 Å². The Kier molecular flexibility index (Phi) is 5.32. The van der Waals surface area contributed by atoms with Crippen LogP contribution in [0, 0.1) is 11.8 Å². The number of carbonyl (C=O) groups excluding carboxylic acids is 2. The average Bonchev–Trinajstić information content (AvgIpc) is 3.44. The van der Waals surface area contributed by atoms with Gasteiger partial charge in [-0.3, -0.25) is 9.59 Å². The van der Waals surface area contributed by atoms with Crippen molar-refractivity contribution >= 4 is 46.0 Å². The molecule has 0 spiro atoms. The lowest BCUT2D eigenvalue weighted by molar-refractivity contribution is -0.130. The summed E-state index contributed by atoms with van der Waals surface area (Å²) < 4.78 is 0. The van der Waals surface area contributed by atoms with Crippen LogP contribution in [-0.4, -0.2) is 63.2 Å². The Balaban J connectivity index is 1.16. The number of aromatic nitrogens is 3. The monoisotopic (exact) mass is 457 g/mol. The van der Waals surface area contributed by atoms with Gasteiger partial charge in [-0.2, -0.15) is 15.4 Å². The number of hydrogen-bond acceptors (Lipinski definition) is 4. The maximum atomic E-state index is 12.9. The Morgan fingerprint density at radius 2 is 1.55 bits per heavy atom. The number of nitrogens with one attached hydrogen (secondary N) is 1. The van der Waals surface area contributed by atoms with Gasteiger partial charge in [-0.05, 0) is 48.4 Å². The molecule has 1 N–H and O–H groups in total. The second-order valence-corrected chi connectivity index (χ2v) is 9.21. The summed E-state index contributed by atoms with van der Waals surface area (Å²) in [6.07, 6.45) is 1.04. The van der Waals surface area contributed by atoms with Gasteiger partial charge in [0.15, 0.2) is 0 Å². The van der Waals surface area contributed by atoms with Gasteiger partial charge in [-0.25, -0.2) is 0 Å². The van der Waals surface area contributed by atoms with Crippen molar-refractivity contribution in [1.29, 1.82) is 0 Å². The summed E-state index contributed by atoms with van der Waals surface area (Å²) >= 11 is 12.1. The van der Waals surface area contributed by atoms with Gasteiger partial charge in [0.1, 0.15) is 11.0 Å². The Morgan fingerprint density at radius 3 is 2.26 bits per heavy atom. The van der Waals surface area contributed by atoms with E-state index in [0.29, 0.717) is 72.0 Å². The number of halogens is 2. The minimum Gasteiger partial charge on any atom is -0.342 e. The molecule has 0 aliphatic carbocycles. The molecular weight excluding hydrogens is 437 g/mol. The van der Waals surface area contributed by atoms with Gasteiger partial charge in [0, 0.05) is 60.0 Å². The highest BCUT2D eigenvalue weighted by atomic mass is 35.5. The fraction of sp³-hybridized carbons (Fsp3) is 0.364. The van der Waals surface area contributed by atoms with E-state index in [4.69, 9.17) is 23.2 Å². The van der Waals surface area contributed by atoms with Crippen LogP contribution in [-0.2, 0) is 11.2 Å². The topological polar surface area (TPSA) is 82.2 Å². The van der Waals surface area contributed by atoms with E-state index in [1.807, 2.05) is 21.9 Å². The molecule has 0 bridgehead atoms. The summed E-state index contributed by atoms with van der Waals surface area (Å²) in [5.74, 6) is 0.795. The minimum atomic E-state index is 0.00927. The zero-order valence-electron chi connectivity index (χ0n) is 16.7. The zero-order chi connectivity index (χ0) is 21.5. The van der Waals surface area contributed by atoms with E-state index in [9.17, 15) is 9.59 Å². The lowest BCUT2D eigenvalue weighted by Crippen LogP contribution is -2.35. The highest BCUT2D eigenvalue weighted by Gasteiger charge is 2.42. The van der Waals surface area contributed by atoms with Crippen LogP contribution in [0.5, 0.6) is 0 Å². The molecule has 7 nitrogen and oxygen atoms in total. The van der Waals surface area contributed by atoms with Crippen molar-refractivity contribution in [1.82, 2.24) is 25.2 Å². The van der Waals surface area contributed by atoms with Crippen molar-refractivity contribution < 1.29 is 9.59 Å². The fourth-order valence-corrected chi connectivity index (χ4v) is 5.25. The van der Waals surface area contributed by atoms with Crippen molar-refractivity contribution in [2.45, 2.75) is 12.8 Å². The van der Waals surface area contributed by atoms with Crippen molar-refractivity contribution in [3.05, 3.63) is 57.6 Å². The fourth-order valence-electron chi connectivity index (χ4n) is 4.68. The van der Waals surface area contributed by atoms with E-state index < -0.39 is 0 Å². The largest absolute Gasteiger partial charge is 0.342 e. The number of aromatic amines is 1. The van der Waals surface area contributed by atoms with Crippen molar-refractivity contribution in [3.63, 3.8) is 0 Å². The number of hydrogen-bond donors (Lipinski definition) is 1. The molecule has 1 aromatic heterocycles. The minimum absolute atomic E-state index is 0.00927. The standard InChI is InChI=1S/C22H21Cl2N5O2/c23-17-5-13(6-18(24)8-17)1-4-21(30)28-9-15-11-29(12-16(15)10-28)22(31)14-2-3-19-20(7-14)26-27-25-19/h2-3,5-8,15-16H,1,4,9-12H2,(H,25,26,27)/t15-,16-/m1/s1. The van der Waals surface area contributed by atoms with Crippen molar-refractivity contribution in [3.8, 4) is 0 Å². The Morgan fingerprint density at radius 1 is 0.903 bits per heavy atom. The molecule has 31 heavy (non-hydrogen) atoms. The number of rotatable bonds is 4. The number of fused-ring (bicyclic) bond motifs is 2. The summed E-state index contributed by atoms with van der Waals surface area (Å²) in [5.41, 5.74) is 3.01. The summed E-state index contributed by atoms with van der Waals surface area (Å²) in [6, 6.07) is 10.7. The number of nitrogens with zero attached hydrogens (tertiary/aromatic N) is 4. The normalized spacial score (nSPS) is 20.5. The van der Waals surface area contributed by atoms with E-state index in [1.54, 1.807) is 24.3 Å². The summed E-state index contributed by atoms with van der Waals surface area (Å²) in [5, 5.41) is 11.8. The molecule has 2 aromatic carbocycles. The van der Waals surface area contributed by atoms with Crippen molar-refractivity contribution in [2.75, 3.05) is 26.2 Å². The molecule has 5 rings (SSSR count). The van der Waals surface area contributed by atoms with Crippen LogP contribution in [0.2, 0.25) is 10.0 Å². The first-order valence-corrected chi connectivity index (χ1v) is 11.0. The van der Waals surface area contributed by atoms with Crippen LogP contribution >= 0.6 is 23.2 Å². The molecular formula is C22H21Cl2N5O2. The van der Waals surface area contributed by atoms with Gasteiger partial charge in [0.2, 0.25) is 5.91 Å². The van der Waals surface area contributed by atoms with Crippen LogP contribution in [0.25, 0.3) is 11.0 Å².